The molecule has 0 N–H and O–H groups in total. The van der Waals surface area contributed by atoms with Gasteiger partial charge in [-0.25, -0.2) is 8.78 Å². The Bertz CT molecular complexity index is 633. The molecule has 1 unspecified atom stereocenters. The predicted octanol–water partition coefficient (Wildman–Crippen LogP) is 3.08. The summed E-state index contributed by atoms with van der Waals surface area (Å²) in [5.74, 6) is -2.85. The number of ether oxygens (including phenoxy) is 1. The van der Waals surface area contributed by atoms with Crippen LogP contribution in [0.5, 0.6) is 0 Å². The fraction of sp³-hybridized carbons (Fsp3) is 0.529. The maximum Gasteiger partial charge on any atom is 0.313 e. The molecule has 23 heavy (non-hydrogen) atoms. The van der Waals surface area contributed by atoms with E-state index >= 15 is 0 Å². The normalized spacial score (nSPS) is 21.2. The van der Waals surface area contributed by atoms with Gasteiger partial charge in [0.1, 0.15) is 17.2 Å². The van der Waals surface area contributed by atoms with E-state index in [1.54, 1.807) is 13.8 Å². The number of hydrogen-bond donors (Lipinski definition) is 0. The maximum atomic E-state index is 14.2. The van der Waals surface area contributed by atoms with Crippen molar-refractivity contribution in [3.05, 3.63) is 34.9 Å². The quantitative estimate of drug-likeness (QED) is 0.802. The van der Waals surface area contributed by atoms with E-state index in [1.807, 2.05) is 0 Å². The van der Waals surface area contributed by atoms with Crippen molar-refractivity contribution in [3.63, 3.8) is 0 Å². The van der Waals surface area contributed by atoms with Crippen LogP contribution in [0.15, 0.2) is 12.1 Å². The Morgan fingerprint density at radius 3 is 2.70 bits per heavy atom. The van der Waals surface area contributed by atoms with Crippen LogP contribution < -0.4 is 0 Å². The summed E-state index contributed by atoms with van der Waals surface area (Å²) in [7, 11) is 0. The third-order valence-electron chi connectivity index (χ3n) is 4.25. The van der Waals surface area contributed by atoms with E-state index in [2.05, 4.69) is 0 Å². The number of piperidine rings is 1. The van der Waals surface area contributed by atoms with E-state index in [1.165, 1.54) is 17.9 Å². The number of benzene rings is 1. The van der Waals surface area contributed by atoms with Gasteiger partial charge in [0.2, 0.25) is 0 Å². The number of hydrogen-bond acceptors (Lipinski definition) is 3. The Balaban J connectivity index is 2.27. The first-order chi connectivity index (χ1) is 10.8. The summed E-state index contributed by atoms with van der Waals surface area (Å²) in [6.45, 7) is 5.62. The zero-order valence-electron chi connectivity index (χ0n) is 13.6. The smallest absolute Gasteiger partial charge is 0.313 e. The van der Waals surface area contributed by atoms with Gasteiger partial charge in [0.05, 0.1) is 12.0 Å². The summed E-state index contributed by atoms with van der Waals surface area (Å²) in [6.07, 6.45) is 1.16. The van der Waals surface area contributed by atoms with Crippen LogP contribution in [0.4, 0.5) is 8.78 Å². The molecule has 0 aliphatic carbocycles. The Morgan fingerprint density at radius 2 is 2.04 bits per heavy atom. The van der Waals surface area contributed by atoms with Crippen molar-refractivity contribution in [2.45, 2.75) is 33.6 Å². The van der Waals surface area contributed by atoms with Crippen LogP contribution in [-0.4, -0.2) is 36.5 Å². The first-order valence-corrected chi connectivity index (χ1v) is 7.71. The maximum absolute atomic E-state index is 14.2. The summed E-state index contributed by atoms with van der Waals surface area (Å²) >= 11 is 0. The summed E-state index contributed by atoms with van der Waals surface area (Å²) < 4.78 is 33.1. The molecular formula is C17H21F2NO3. The molecule has 0 saturated carbocycles. The van der Waals surface area contributed by atoms with Crippen LogP contribution in [0.1, 0.15) is 42.6 Å². The first-order valence-electron chi connectivity index (χ1n) is 7.71. The topological polar surface area (TPSA) is 46.6 Å². The molecule has 0 spiro atoms. The lowest BCUT2D eigenvalue weighted by Crippen LogP contribution is -2.49. The van der Waals surface area contributed by atoms with E-state index in [0.29, 0.717) is 19.4 Å². The van der Waals surface area contributed by atoms with Crippen LogP contribution in [0.2, 0.25) is 0 Å². The van der Waals surface area contributed by atoms with Crippen molar-refractivity contribution in [3.8, 4) is 0 Å². The van der Waals surface area contributed by atoms with Gasteiger partial charge in [-0.2, -0.15) is 0 Å². The summed E-state index contributed by atoms with van der Waals surface area (Å²) in [6, 6.07) is 2.38. The van der Waals surface area contributed by atoms with Gasteiger partial charge in [-0.1, -0.05) is 6.07 Å². The van der Waals surface area contributed by atoms with Crippen molar-refractivity contribution in [2.75, 3.05) is 19.7 Å². The minimum absolute atomic E-state index is 0.0947. The van der Waals surface area contributed by atoms with E-state index in [9.17, 15) is 18.4 Å². The lowest BCUT2D eigenvalue weighted by atomic mass is 9.81. The molecule has 1 amide bonds. The number of nitrogens with zero attached hydrogens (tertiary/aromatic N) is 1. The molecule has 1 atom stereocenters. The number of esters is 1. The van der Waals surface area contributed by atoms with Crippen LogP contribution in [0.3, 0.4) is 0 Å². The average molecular weight is 325 g/mol. The number of carbonyl (C=O) groups is 2. The Hall–Kier alpha value is -1.98. The number of carbonyl (C=O) groups excluding carboxylic acids is 2. The second-order valence-electron chi connectivity index (χ2n) is 6.16. The number of amides is 1. The highest BCUT2D eigenvalue weighted by atomic mass is 19.1. The van der Waals surface area contributed by atoms with E-state index < -0.39 is 28.5 Å². The number of halogens is 2. The zero-order valence-corrected chi connectivity index (χ0v) is 13.6. The summed E-state index contributed by atoms with van der Waals surface area (Å²) in [4.78, 5) is 26.0. The number of likely N-dealkylation sites (tertiary alicyclic amines) is 1. The Kier molecular flexibility index (Phi) is 5.02. The van der Waals surface area contributed by atoms with Crippen molar-refractivity contribution < 1.29 is 23.1 Å². The molecule has 1 aliphatic heterocycles. The van der Waals surface area contributed by atoms with Gasteiger partial charge in [0, 0.05) is 13.1 Å². The highest BCUT2D eigenvalue weighted by molar-refractivity contribution is 5.95. The second kappa shape index (κ2) is 6.64. The largest absolute Gasteiger partial charge is 0.466 e. The van der Waals surface area contributed by atoms with Crippen molar-refractivity contribution in [1.82, 2.24) is 4.90 Å². The average Bonchev–Trinajstić information content (AvgIpc) is 2.51. The second-order valence-corrected chi connectivity index (χ2v) is 6.16. The van der Waals surface area contributed by atoms with Gasteiger partial charge in [0.15, 0.2) is 0 Å². The molecule has 0 aromatic heterocycles. The highest BCUT2D eigenvalue weighted by Crippen LogP contribution is 2.32. The van der Waals surface area contributed by atoms with Gasteiger partial charge in [-0.3, -0.25) is 9.59 Å². The third kappa shape index (κ3) is 3.35. The van der Waals surface area contributed by atoms with Crippen molar-refractivity contribution in [1.29, 1.82) is 0 Å². The van der Waals surface area contributed by atoms with Gasteiger partial charge in [-0.05, 0) is 45.2 Å². The molecule has 0 bridgehead atoms. The summed E-state index contributed by atoms with van der Waals surface area (Å²) in [5.41, 5.74) is -1.20. The van der Waals surface area contributed by atoms with Crippen LogP contribution in [-0.2, 0) is 9.53 Å². The highest BCUT2D eigenvalue weighted by Gasteiger charge is 2.41. The lowest BCUT2D eigenvalue weighted by Gasteiger charge is -2.38. The molecule has 0 radical (unpaired) electrons. The molecule has 2 rings (SSSR count). The first kappa shape index (κ1) is 17.4. The molecule has 1 aromatic rings. The Morgan fingerprint density at radius 1 is 1.35 bits per heavy atom. The molecule has 1 fully saturated rings. The molecule has 126 valence electrons. The molecule has 1 aromatic carbocycles. The standard InChI is InChI=1S/C17H21F2NO3/c1-4-23-16(22)17(3)8-5-9-20(10-17)15(21)13-12(18)7-6-11(2)14(13)19/h6-7H,4-5,8-10H2,1-3H3. The molecular weight excluding hydrogens is 304 g/mol. The fourth-order valence-electron chi connectivity index (χ4n) is 2.90. The van der Waals surface area contributed by atoms with E-state index in [0.717, 1.165) is 6.07 Å². The van der Waals surface area contributed by atoms with Gasteiger partial charge < -0.3 is 9.64 Å². The molecule has 1 saturated heterocycles. The molecule has 4 nitrogen and oxygen atoms in total. The number of aryl methyl sites for hydroxylation is 1. The van der Waals surface area contributed by atoms with Crippen LogP contribution in [0.25, 0.3) is 0 Å². The number of rotatable bonds is 3. The minimum atomic E-state index is -0.887. The Labute approximate surface area is 134 Å². The third-order valence-corrected chi connectivity index (χ3v) is 4.25. The van der Waals surface area contributed by atoms with Gasteiger partial charge in [-0.15, -0.1) is 0 Å². The van der Waals surface area contributed by atoms with E-state index in [-0.39, 0.29) is 24.7 Å². The molecule has 6 heteroatoms. The van der Waals surface area contributed by atoms with Gasteiger partial charge >= 0.3 is 5.97 Å². The minimum Gasteiger partial charge on any atom is -0.466 e. The lowest BCUT2D eigenvalue weighted by molar-refractivity contribution is -0.157. The van der Waals surface area contributed by atoms with E-state index in [4.69, 9.17) is 4.74 Å². The molecule has 1 aliphatic rings. The predicted molar refractivity (Wildman–Crippen MR) is 81.0 cm³/mol. The van der Waals surface area contributed by atoms with Gasteiger partial charge in [0.25, 0.3) is 5.91 Å². The van der Waals surface area contributed by atoms with Crippen LogP contribution >= 0.6 is 0 Å². The van der Waals surface area contributed by atoms with Crippen molar-refractivity contribution in [2.24, 2.45) is 5.41 Å². The summed E-state index contributed by atoms with van der Waals surface area (Å²) in [5, 5.41) is 0. The molecule has 1 heterocycles. The van der Waals surface area contributed by atoms with Crippen LogP contribution in [0, 0.1) is 24.0 Å². The fourth-order valence-corrected chi connectivity index (χ4v) is 2.90. The monoisotopic (exact) mass is 325 g/mol. The zero-order chi connectivity index (χ0) is 17.2. The van der Waals surface area contributed by atoms with Crippen molar-refractivity contribution >= 4 is 11.9 Å². The SMILES string of the molecule is CCOC(=O)C1(C)CCCN(C(=O)c2c(F)ccc(C)c2F)C1.